The van der Waals surface area contributed by atoms with Crippen molar-refractivity contribution < 1.29 is 13.2 Å². The molecular weight excluding hydrogens is 464 g/mol. The fraction of sp³-hybridized carbons (Fsp3) is 0.346. The van der Waals surface area contributed by atoms with E-state index < -0.39 is 21.6 Å². The minimum absolute atomic E-state index is 0.193. The fourth-order valence-electron chi connectivity index (χ4n) is 3.90. The summed E-state index contributed by atoms with van der Waals surface area (Å²) in [5, 5.41) is 7.28. The maximum absolute atomic E-state index is 13.1. The van der Waals surface area contributed by atoms with Gasteiger partial charge in [-0.2, -0.15) is 9.40 Å². The Kier molecular flexibility index (Phi) is 7.92. The second-order valence-corrected chi connectivity index (χ2v) is 10.5. The number of aryl methyl sites for hydroxylation is 3. The number of hydrogen-bond acceptors (Lipinski definition) is 5. The normalized spacial score (nSPS) is 12.5. The first-order chi connectivity index (χ1) is 16.5. The summed E-state index contributed by atoms with van der Waals surface area (Å²) < 4.78 is 28.8. The van der Waals surface area contributed by atoms with Crippen LogP contribution in [0, 0.1) is 20.8 Å². The van der Waals surface area contributed by atoms with Crippen LogP contribution < -0.4 is 10.9 Å². The number of carbonyl (C=O) groups is 1. The third kappa shape index (κ3) is 5.52. The van der Waals surface area contributed by atoms with Gasteiger partial charge in [0.1, 0.15) is 6.04 Å². The minimum Gasteiger partial charge on any atom is -0.324 e. The van der Waals surface area contributed by atoms with Crippen LogP contribution in [0.15, 0.2) is 58.2 Å². The molecule has 0 unspecified atom stereocenters. The molecule has 1 N–H and O–H groups in total. The molecule has 0 aliphatic heterocycles. The molecule has 2 aromatic carbocycles. The quantitative estimate of drug-likeness (QED) is 0.507. The number of nitrogens with one attached hydrogen (secondary N) is 1. The van der Waals surface area contributed by atoms with Gasteiger partial charge in [-0.1, -0.05) is 43.7 Å². The van der Waals surface area contributed by atoms with Gasteiger partial charge >= 0.3 is 0 Å². The Morgan fingerprint density at radius 1 is 1.00 bits per heavy atom. The van der Waals surface area contributed by atoms with Crippen LogP contribution in [0.4, 0.5) is 5.69 Å². The van der Waals surface area contributed by atoms with E-state index in [9.17, 15) is 18.0 Å². The summed E-state index contributed by atoms with van der Waals surface area (Å²) in [4.78, 5) is 25.7. The lowest BCUT2D eigenvalue weighted by molar-refractivity contribution is -0.119. The third-order valence-electron chi connectivity index (χ3n) is 6.02. The maximum Gasteiger partial charge on any atom is 0.267 e. The molecule has 0 saturated carbocycles. The molecule has 8 nitrogen and oxygen atoms in total. The van der Waals surface area contributed by atoms with Crippen LogP contribution in [0.1, 0.15) is 43.5 Å². The summed E-state index contributed by atoms with van der Waals surface area (Å²) in [7, 11) is -3.68. The SMILES string of the molecule is CCN(CC)S(=O)(=O)c1cc(-c2ccc(=O)n([C@H](C)C(=O)Nc3ccc(C)cc3C)n2)ccc1C. The highest BCUT2D eigenvalue weighted by Gasteiger charge is 2.25. The number of anilines is 1. The number of nitrogens with zero attached hydrogens (tertiary/aromatic N) is 3. The van der Waals surface area contributed by atoms with Crippen molar-refractivity contribution in [1.29, 1.82) is 0 Å². The predicted molar refractivity (Wildman–Crippen MR) is 138 cm³/mol. The van der Waals surface area contributed by atoms with Gasteiger partial charge < -0.3 is 5.32 Å². The van der Waals surface area contributed by atoms with Gasteiger partial charge in [0.15, 0.2) is 0 Å². The van der Waals surface area contributed by atoms with Crippen molar-refractivity contribution in [2.75, 3.05) is 18.4 Å². The van der Waals surface area contributed by atoms with E-state index in [-0.39, 0.29) is 10.8 Å². The van der Waals surface area contributed by atoms with Gasteiger partial charge in [0.25, 0.3) is 5.56 Å². The van der Waals surface area contributed by atoms with Crippen LogP contribution in [-0.4, -0.2) is 41.5 Å². The van der Waals surface area contributed by atoms with Gasteiger partial charge in [0.05, 0.1) is 10.6 Å². The molecule has 0 aliphatic carbocycles. The Hall–Kier alpha value is -3.30. The Labute approximate surface area is 206 Å². The molecule has 0 radical (unpaired) electrons. The molecule has 0 bridgehead atoms. The highest BCUT2D eigenvalue weighted by atomic mass is 32.2. The highest BCUT2D eigenvalue weighted by molar-refractivity contribution is 7.89. The van der Waals surface area contributed by atoms with Crippen molar-refractivity contribution >= 4 is 21.6 Å². The van der Waals surface area contributed by atoms with Crippen LogP contribution in [0.2, 0.25) is 0 Å². The van der Waals surface area contributed by atoms with E-state index >= 15 is 0 Å². The Balaban J connectivity index is 1.97. The maximum atomic E-state index is 13.1. The first-order valence-corrected chi connectivity index (χ1v) is 13.0. The lowest BCUT2D eigenvalue weighted by Crippen LogP contribution is -2.33. The Morgan fingerprint density at radius 2 is 1.69 bits per heavy atom. The van der Waals surface area contributed by atoms with E-state index in [1.165, 1.54) is 16.4 Å². The smallest absolute Gasteiger partial charge is 0.267 e. The first kappa shape index (κ1) is 26.3. The lowest BCUT2D eigenvalue weighted by atomic mass is 10.1. The zero-order chi connectivity index (χ0) is 25.9. The van der Waals surface area contributed by atoms with Crippen LogP contribution in [-0.2, 0) is 14.8 Å². The molecule has 3 rings (SSSR count). The fourth-order valence-corrected chi connectivity index (χ4v) is 5.61. The molecular formula is C26H32N4O4S. The number of sulfonamides is 1. The van der Waals surface area contributed by atoms with E-state index in [2.05, 4.69) is 10.4 Å². The van der Waals surface area contributed by atoms with Crippen molar-refractivity contribution in [1.82, 2.24) is 14.1 Å². The van der Waals surface area contributed by atoms with E-state index in [1.54, 1.807) is 45.9 Å². The monoisotopic (exact) mass is 496 g/mol. The zero-order valence-electron chi connectivity index (χ0n) is 21.0. The summed E-state index contributed by atoms with van der Waals surface area (Å²) in [6.07, 6.45) is 0. The molecule has 1 aromatic heterocycles. The van der Waals surface area contributed by atoms with Crippen LogP contribution in [0.3, 0.4) is 0 Å². The summed E-state index contributed by atoms with van der Waals surface area (Å²) in [6, 6.07) is 12.7. The van der Waals surface area contributed by atoms with E-state index in [0.717, 1.165) is 15.8 Å². The number of hydrogen-bond donors (Lipinski definition) is 1. The molecule has 186 valence electrons. The van der Waals surface area contributed by atoms with Crippen LogP contribution >= 0.6 is 0 Å². The molecule has 9 heteroatoms. The van der Waals surface area contributed by atoms with Gasteiger partial charge in [-0.15, -0.1) is 0 Å². The standard InChI is InChI=1S/C26H32N4O4S/c1-7-29(8-2)35(33,34)24-16-21(11-10-18(24)4)23-13-14-25(31)30(28-23)20(6)26(32)27-22-12-9-17(3)15-19(22)5/h9-16,20H,7-8H2,1-6H3,(H,27,32)/t20-/m1/s1. The van der Waals surface area contributed by atoms with Crippen molar-refractivity contribution in [2.45, 2.75) is 52.5 Å². The molecule has 0 spiro atoms. The van der Waals surface area contributed by atoms with E-state index in [0.29, 0.717) is 35.6 Å². The minimum atomic E-state index is -3.68. The van der Waals surface area contributed by atoms with Gasteiger partial charge in [-0.05, 0) is 57.0 Å². The Morgan fingerprint density at radius 3 is 2.31 bits per heavy atom. The van der Waals surface area contributed by atoms with Crippen LogP contribution in [0.25, 0.3) is 11.3 Å². The van der Waals surface area contributed by atoms with Crippen molar-refractivity contribution in [3.05, 3.63) is 75.6 Å². The average molecular weight is 497 g/mol. The second-order valence-electron chi connectivity index (χ2n) is 8.55. The molecule has 1 atom stereocenters. The van der Waals surface area contributed by atoms with Gasteiger partial charge in [0, 0.05) is 30.4 Å². The van der Waals surface area contributed by atoms with Gasteiger partial charge in [0.2, 0.25) is 15.9 Å². The number of benzene rings is 2. The van der Waals surface area contributed by atoms with E-state index in [4.69, 9.17) is 0 Å². The van der Waals surface area contributed by atoms with E-state index in [1.807, 2.05) is 32.0 Å². The number of rotatable bonds is 8. The first-order valence-electron chi connectivity index (χ1n) is 11.6. The van der Waals surface area contributed by atoms with Crippen molar-refractivity contribution in [3.63, 3.8) is 0 Å². The molecule has 1 amide bonds. The van der Waals surface area contributed by atoms with Gasteiger partial charge in [-0.25, -0.2) is 13.1 Å². The number of aromatic nitrogens is 2. The second kappa shape index (κ2) is 10.5. The molecule has 1 heterocycles. The van der Waals surface area contributed by atoms with Crippen LogP contribution in [0.5, 0.6) is 0 Å². The summed E-state index contributed by atoms with van der Waals surface area (Å²) in [5.41, 5.74) is 3.79. The molecule has 0 saturated heterocycles. The largest absolute Gasteiger partial charge is 0.324 e. The average Bonchev–Trinajstić information content (AvgIpc) is 2.81. The highest BCUT2D eigenvalue weighted by Crippen LogP contribution is 2.26. The molecule has 35 heavy (non-hydrogen) atoms. The van der Waals surface area contributed by atoms with Crippen molar-refractivity contribution in [2.24, 2.45) is 0 Å². The van der Waals surface area contributed by atoms with Gasteiger partial charge in [-0.3, -0.25) is 9.59 Å². The predicted octanol–water partition coefficient (Wildman–Crippen LogP) is 4.07. The Bertz CT molecular complexity index is 1410. The third-order valence-corrected chi connectivity index (χ3v) is 8.21. The summed E-state index contributed by atoms with van der Waals surface area (Å²) in [6.45, 7) is 11.5. The molecule has 0 aliphatic rings. The topological polar surface area (TPSA) is 101 Å². The lowest BCUT2D eigenvalue weighted by Gasteiger charge is -2.20. The molecule has 0 fully saturated rings. The number of amides is 1. The summed E-state index contributed by atoms with van der Waals surface area (Å²) >= 11 is 0. The zero-order valence-corrected chi connectivity index (χ0v) is 21.8. The number of carbonyl (C=O) groups excluding carboxylic acids is 1. The van der Waals surface area contributed by atoms with Crippen molar-refractivity contribution in [3.8, 4) is 11.3 Å². The summed E-state index contributed by atoms with van der Waals surface area (Å²) in [5.74, 6) is -0.377. The molecule has 3 aromatic rings.